The number of sulfonamides is 1. The number of nitrogens with one attached hydrogen (secondary N) is 4. The maximum Gasteiger partial charge on any atom is 0.263 e. The SMILES string of the molecule is CCCCOc1ccc([C@@H](O)CNCCc2ccc(Nc3ccc(S(=O)(=O)Nc4ccccn4)cc3)cc2)cc1NC=O. The maximum absolute atomic E-state index is 12.6. The maximum atomic E-state index is 12.6. The van der Waals surface area contributed by atoms with Crippen molar-refractivity contribution in [3.05, 3.63) is 102 Å². The molecule has 4 aromatic rings. The molecule has 0 radical (unpaired) electrons. The summed E-state index contributed by atoms with van der Waals surface area (Å²) in [6.07, 6.45) is 4.08. The Morgan fingerprint density at radius 3 is 2.40 bits per heavy atom. The first kappa shape index (κ1) is 31.5. The van der Waals surface area contributed by atoms with E-state index in [4.69, 9.17) is 4.74 Å². The molecule has 1 amide bonds. The fraction of sp³-hybridized carbons (Fsp3) is 0.250. The minimum atomic E-state index is -3.73. The molecule has 0 aliphatic rings. The Balaban J connectivity index is 1.23. The summed E-state index contributed by atoms with van der Waals surface area (Å²) in [5, 5.41) is 19.9. The van der Waals surface area contributed by atoms with Gasteiger partial charge in [0.05, 0.1) is 23.3 Å². The second-order valence-electron chi connectivity index (χ2n) is 9.86. The fourth-order valence-corrected chi connectivity index (χ4v) is 5.24. The Hall–Kier alpha value is -4.45. The first-order chi connectivity index (χ1) is 20.9. The molecule has 0 aliphatic carbocycles. The second kappa shape index (κ2) is 15.7. The molecule has 10 nitrogen and oxygen atoms in total. The Bertz CT molecular complexity index is 1550. The number of hydrogen-bond acceptors (Lipinski definition) is 8. The van der Waals surface area contributed by atoms with Crippen molar-refractivity contribution in [2.24, 2.45) is 0 Å². The van der Waals surface area contributed by atoms with Crippen LogP contribution in [0.1, 0.15) is 37.0 Å². The second-order valence-corrected chi connectivity index (χ2v) is 11.5. The number of ether oxygens (including phenoxy) is 1. The van der Waals surface area contributed by atoms with Gasteiger partial charge >= 0.3 is 0 Å². The molecule has 0 saturated heterocycles. The lowest BCUT2D eigenvalue weighted by atomic mass is 10.1. The Labute approximate surface area is 252 Å². The van der Waals surface area contributed by atoms with Gasteiger partial charge in [-0.25, -0.2) is 13.4 Å². The highest BCUT2D eigenvalue weighted by atomic mass is 32.2. The van der Waals surface area contributed by atoms with E-state index >= 15 is 0 Å². The summed E-state index contributed by atoms with van der Waals surface area (Å²) in [4.78, 5) is 15.2. The van der Waals surface area contributed by atoms with Crippen molar-refractivity contribution < 1.29 is 23.1 Å². The molecule has 0 unspecified atom stereocenters. The first-order valence-electron chi connectivity index (χ1n) is 14.1. The molecule has 5 N–H and O–H groups in total. The van der Waals surface area contributed by atoms with E-state index < -0.39 is 16.1 Å². The Kier molecular flexibility index (Phi) is 11.5. The molecule has 1 atom stereocenters. The van der Waals surface area contributed by atoms with Gasteiger partial charge in [0.2, 0.25) is 6.41 Å². The number of anilines is 4. The van der Waals surface area contributed by atoms with Gasteiger partial charge in [-0.3, -0.25) is 9.52 Å². The third-order valence-electron chi connectivity index (χ3n) is 6.60. The zero-order chi connectivity index (χ0) is 30.5. The molecule has 0 bridgehead atoms. The third-order valence-corrected chi connectivity index (χ3v) is 7.97. The van der Waals surface area contributed by atoms with E-state index in [1.54, 1.807) is 48.5 Å². The van der Waals surface area contributed by atoms with Gasteiger partial charge in [0.15, 0.2) is 0 Å². The van der Waals surface area contributed by atoms with E-state index in [2.05, 4.69) is 32.6 Å². The van der Waals surface area contributed by atoms with E-state index in [1.807, 2.05) is 24.3 Å². The van der Waals surface area contributed by atoms with Gasteiger partial charge in [-0.1, -0.05) is 37.6 Å². The number of carbonyl (C=O) groups excluding carboxylic acids is 1. The van der Waals surface area contributed by atoms with E-state index in [9.17, 15) is 18.3 Å². The van der Waals surface area contributed by atoms with Gasteiger partial charge in [0, 0.05) is 24.1 Å². The molecular formula is C32H37N5O5S. The van der Waals surface area contributed by atoms with Crippen LogP contribution in [0.2, 0.25) is 0 Å². The molecule has 0 saturated carbocycles. The lowest BCUT2D eigenvalue weighted by Gasteiger charge is -2.16. The van der Waals surface area contributed by atoms with Crippen LogP contribution >= 0.6 is 0 Å². The number of amides is 1. The molecule has 1 aromatic heterocycles. The summed E-state index contributed by atoms with van der Waals surface area (Å²) in [6.45, 7) is 3.68. The Morgan fingerprint density at radius 2 is 1.72 bits per heavy atom. The van der Waals surface area contributed by atoms with Crippen LogP contribution in [-0.2, 0) is 21.2 Å². The van der Waals surface area contributed by atoms with Crippen molar-refractivity contribution >= 4 is 39.3 Å². The average molecular weight is 604 g/mol. The number of nitrogens with zero attached hydrogens (tertiary/aromatic N) is 1. The molecule has 0 fully saturated rings. The van der Waals surface area contributed by atoms with Crippen molar-refractivity contribution in [3.8, 4) is 5.75 Å². The van der Waals surface area contributed by atoms with Crippen LogP contribution < -0.4 is 25.4 Å². The van der Waals surface area contributed by atoms with Gasteiger partial charge in [-0.15, -0.1) is 0 Å². The predicted octanol–water partition coefficient (Wildman–Crippen LogP) is 5.24. The van der Waals surface area contributed by atoms with Gasteiger partial charge in [-0.2, -0.15) is 0 Å². The summed E-state index contributed by atoms with van der Waals surface area (Å²) >= 11 is 0. The predicted molar refractivity (Wildman–Crippen MR) is 169 cm³/mol. The van der Waals surface area contributed by atoms with Crippen LogP contribution in [0.3, 0.4) is 0 Å². The van der Waals surface area contributed by atoms with E-state index in [0.717, 1.165) is 36.2 Å². The van der Waals surface area contributed by atoms with Crippen LogP contribution in [-0.4, -0.2) is 44.6 Å². The van der Waals surface area contributed by atoms with Crippen molar-refractivity contribution in [1.29, 1.82) is 0 Å². The van der Waals surface area contributed by atoms with E-state index in [-0.39, 0.29) is 10.7 Å². The molecule has 0 spiro atoms. The van der Waals surface area contributed by atoms with Crippen LogP contribution in [0, 0.1) is 0 Å². The number of carbonyl (C=O) groups is 1. The summed E-state index contributed by atoms with van der Waals surface area (Å²) in [6, 6.07) is 24.8. The summed E-state index contributed by atoms with van der Waals surface area (Å²) < 4.78 is 33.4. The summed E-state index contributed by atoms with van der Waals surface area (Å²) in [7, 11) is -3.73. The molecular weight excluding hydrogens is 566 g/mol. The molecule has 11 heteroatoms. The van der Waals surface area contributed by atoms with E-state index in [1.165, 1.54) is 18.3 Å². The highest BCUT2D eigenvalue weighted by molar-refractivity contribution is 7.92. The zero-order valence-corrected chi connectivity index (χ0v) is 24.8. The van der Waals surface area contributed by atoms with Crippen LogP contribution in [0.4, 0.5) is 22.9 Å². The number of benzene rings is 3. The molecule has 0 aliphatic heterocycles. The van der Waals surface area contributed by atoms with Crippen molar-refractivity contribution in [1.82, 2.24) is 10.3 Å². The van der Waals surface area contributed by atoms with Crippen molar-refractivity contribution in [2.75, 3.05) is 35.1 Å². The zero-order valence-electron chi connectivity index (χ0n) is 24.0. The van der Waals surface area contributed by atoms with Gasteiger partial charge < -0.3 is 25.8 Å². The number of hydrogen-bond donors (Lipinski definition) is 5. The monoisotopic (exact) mass is 603 g/mol. The van der Waals surface area contributed by atoms with Gasteiger partial charge in [0.1, 0.15) is 11.6 Å². The largest absolute Gasteiger partial charge is 0.491 e. The molecule has 4 rings (SSSR count). The lowest BCUT2D eigenvalue weighted by Crippen LogP contribution is -2.23. The van der Waals surface area contributed by atoms with Crippen LogP contribution in [0.5, 0.6) is 5.75 Å². The quantitative estimate of drug-likeness (QED) is 0.0815. The third kappa shape index (κ3) is 9.53. The topological polar surface area (TPSA) is 142 Å². The molecule has 226 valence electrons. The first-order valence-corrected chi connectivity index (χ1v) is 15.6. The smallest absolute Gasteiger partial charge is 0.263 e. The molecule has 1 heterocycles. The lowest BCUT2D eigenvalue weighted by molar-refractivity contribution is -0.105. The highest BCUT2D eigenvalue weighted by Crippen LogP contribution is 2.28. The number of rotatable bonds is 17. The summed E-state index contributed by atoms with van der Waals surface area (Å²) in [5.41, 5.74) is 3.98. The number of pyridine rings is 1. The van der Waals surface area contributed by atoms with Crippen LogP contribution in [0.15, 0.2) is 96.0 Å². The fourth-order valence-electron chi connectivity index (χ4n) is 4.23. The minimum absolute atomic E-state index is 0.142. The minimum Gasteiger partial charge on any atom is -0.491 e. The van der Waals surface area contributed by atoms with Crippen molar-refractivity contribution in [2.45, 2.75) is 37.2 Å². The molecule has 3 aromatic carbocycles. The molecule has 43 heavy (non-hydrogen) atoms. The number of unbranched alkanes of at least 4 members (excludes halogenated alkanes) is 1. The standard InChI is InChI=1S/C32H37N5O5S/c1-2-3-20-42-31-16-9-25(21-29(31)35-23-38)30(39)22-33-19-17-24-7-10-26(11-8-24)36-27-12-14-28(15-13-27)43(40,41)37-32-6-4-5-18-34-32/h4-16,18,21,23,30,33,36,39H,2-3,17,19-20,22H2,1H3,(H,34,37)(H,35,38)/t30-/m0/s1. The summed E-state index contributed by atoms with van der Waals surface area (Å²) in [5.74, 6) is 0.845. The van der Waals surface area contributed by atoms with Crippen molar-refractivity contribution in [3.63, 3.8) is 0 Å². The van der Waals surface area contributed by atoms with E-state index in [0.29, 0.717) is 43.1 Å². The number of aromatic nitrogens is 1. The van der Waals surface area contributed by atoms with Crippen LogP contribution in [0.25, 0.3) is 0 Å². The number of aliphatic hydroxyl groups excluding tert-OH is 1. The number of aliphatic hydroxyl groups is 1. The van der Waals surface area contributed by atoms with Gasteiger partial charge in [0.25, 0.3) is 10.0 Å². The van der Waals surface area contributed by atoms with Gasteiger partial charge in [-0.05, 0) is 91.2 Å². The highest BCUT2D eigenvalue weighted by Gasteiger charge is 2.15. The Morgan fingerprint density at radius 1 is 0.977 bits per heavy atom. The normalized spacial score (nSPS) is 11.9. The average Bonchev–Trinajstić information content (AvgIpc) is 3.01.